The summed E-state index contributed by atoms with van der Waals surface area (Å²) in [5.41, 5.74) is 4.72. The minimum Gasteiger partial charge on any atom is -0.469 e. The molecule has 5 aliphatic carbocycles. The molecule has 7 rings (SSSR count). The zero-order chi connectivity index (χ0) is 29.4. The van der Waals surface area contributed by atoms with Gasteiger partial charge in [-0.3, -0.25) is 9.59 Å². The molecule has 0 unspecified atom stereocenters. The number of hydrogen-bond donors (Lipinski definition) is 1. The van der Waals surface area contributed by atoms with Gasteiger partial charge in [0.15, 0.2) is 5.78 Å². The van der Waals surface area contributed by atoms with Crippen molar-refractivity contribution in [1.29, 1.82) is 0 Å². The Labute approximate surface area is 246 Å². The highest BCUT2D eigenvalue weighted by Crippen LogP contribution is 2.75. The number of carbonyl (C=O) groups is 2. The first kappa shape index (κ1) is 27.5. The van der Waals surface area contributed by atoms with Crippen LogP contribution in [0.25, 0.3) is 10.9 Å². The Morgan fingerprint density at radius 3 is 2.39 bits per heavy atom. The van der Waals surface area contributed by atoms with Gasteiger partial charge in [0.1, 0.15) is 0 Å². The Hall–Kier alpha value is -2.36. The monoisotopic (exact) mass is 555 g/mol. The fourth-order valence-electron chi connectivity index (χ4n) is 11.9. The van der Waals surface area contributed by atoms with E-state index in [-0.39, 0.29) is 44.9 Å². The Morgan fingerprint density at radius 1 is 0.951 bits per heavy atom. The molecule has 1 aromatic heterocycles. The van der Waals surface area contributed by atoms with Crippen LogP contribution >= 0.6 is 0 Å². The zero-order valence-electron chi connectivity index (χ0n) is 26.5. The first-order chi connectivity index (χ1) is 19.1. The number of rotatable bonds is 1. The van der Waals surface area contributed by atoms with Gasteiger partial charge in [-0.15, -0.1) is 0 Å². The summed E-state index contributed by atoms with van der Waals surface area (Å²) in [4.78, 5) is 31.6. The second-order valence-electron chi connectivity index (χ2n) is 16.7. The topological polar surface area (TPSA) is 59.2 Å². The molecule has 41 heavy (non-hydrogen) atoms. The number of hydrogen-bond acceptors (Lipinski definition) is 3. The van der Waals surface area contributed by atoms with Crippen molar-refractivity contribution in [3.8, 4) is 0 Å². The second-order valence-corrected chi connectivity index (χ2v) is 16.7. The molecule has 5 aliphatic rings. The number of para-hydroxylation sites is 1. The van der Waals surface area contributed by atoms with Crippen LogP contribution in [-0.2, 0) is 26.2 Å². The first-order valence-corrected chi connectivity index (χ1v) is 16.1. The number of fused-ring (bicyclic) bond motifs is 10. The molecular formula is C37H49NO3. The van der Waals surface area contributed by atoms with E-state index in [9.17, 15) is 9.59 Å². The number of aromatic amines is 1. The van der Waals surface area contributed by atoms with Crippen molar-refractivity contribution < 1.29 is 14.3 Å². The average molecular weight is 556 g/mol. The lowest BCUT2D eigenvalue weighted by Gasteiger charge is -2.70. The normalized spacial score (nSPS) is 44.5. The number of esters is 1. The van der Waals surface area contributed by atoms with Crippen molar-refractivity contribution in [2.24, 2.45) is 44.8 Å². The first-order valence-electron chi connectivity index (χ1n) is 16.1. The van der Waals surface area contributed by atoms with Crippen LogP contribution in [0.2, 0.25) is 0 Å². The van der Waals surface area contributed by atoms with E-state index in [1.54, 1.807) is 0 Å². The van der Waals surface area contributed by atoms with Gasteiger partial charge in [-0.1, -0.05) is 65.3 Å². The lowest BCUT2D eigenvalue weighted by Crippen LogP contribution is -2.66. The third-order valence-electron chi connectivity index (χ3n) is 14.4. The lowest BCUT2D eigenvalue weighted by atomic mass is 9.33. The molecule has 3 saturated carbocycles. The quantitative estimate of drug-likeness (QED) is 0.360. The van der Waals surface area contributed by atoms with Crippen LogP contribution in [0.15, 0.2) is 35.9 Å². The largest absolute Gasteiger partial charge is 0.469 e. The molecule has 8 atom stereocenters. The molecule has 0 radical (unpaired) electrons. The van der Waals surface area contributed by atoms with Crippen molar-refractivity contribution in [3.63, 3.8) is 0 Å². The van der Waals surface area contributed by atoms with Gasteiger partial charge in [-0.05, 0) is 109 Å². The molecule has 0 spiro atoms. The maximum atomic E-state index is 14.8. The summed E-state index contributed by atoms with van der Waals surface area (Å²) in [6.07, 6.45) is 10.3. The molecule has 2 aromatic rings. The number of carbonyl (C=O) groups excluding carboxylic acids is 2. The van der Waals surface area contributed by atoms with Gasteiger partial charge in [0, 0.05) is 27.9 Å². The third-order valence-corrected chi connectivity index (χ3v) is 14.4. The van der Waals surface area contributed by atoms with Crippen LogP contribution < -0.4 is 0 Å². The molecule has 4 nitrogen and oxygen atoms in total. The number of ether oxygens (including phenoxy) is 1. The molecule has 3 fully saturated rings. The lowest BCUT2D eigenvalue weighted by molar-refractivity contribution is -0.174. The number of benzene rings is 1. The van der Waals surface area contributed by atoms with Crippen LogP contribution in [0, 0.1) is 44.8 Å². The molecule has 0 aliphatic heterocycles. The predicted octanol–water partition coefficient (Wildman–Crippen LogP) is 8.34. The summed E-state index contributed by atoms with van der Waals surface area (Å²) in [5.74, 6) is 0.923. The highest BCUT2D eigenvalue weighted by molar-refractivity contribution is 5.96. The summed E-state index contributed by atoms with van der Waals surface area (Å²) in [6, 6.07) is 8.73. The summed E-state index contributed by atoms with van der Waals surface area (Å²) in [7, 11) is 1.52. The molecule has 220 valence electrons. The summed E-state index contributed by atoms with van der Waals surface area (Å²) >= 11 is 0. The Morgan fingerprint density at radius 2 is 1.66 bits per heavy atom. The fourth-order valence-corrected chi connectivity index (χ4v) is 11.9. The van der Waals surface area contributed by atoms with E-state index in [2.05, 4.69) is 83.8 Å². The van der Waals surface area contributed by atoms with E-state index in [1.807, 2.05) is 0 Å². The van der Waals surface area contributed by atoms with Crippen LogP contribution in [0.4, 0.5) is 0 Å². The molecule has 1 heterocycles. The molecule has 4 heteroatoms. The molecular weight excluding hydrogens is 506 g/mol. The Balaban J connectivity index is 1.37. The third kappa shape index (κ3) is 3.23. The van der Waals surface area contributed by atoms with Crippen LogP contribution in [0.3, 0.4) is 0 Å². The fraction of sp³-hybridized carbons (Fsp3) is 0.676. The Kier molecular flexibility index (Phi) is 5.47. The number of allylic oxidation sites excluding steroid dienone is 2. The highest BCUT2D eigenvalue weighted by atomic mass is 16.5. The molecule has 0 saturated heterocycles. The summed E-state index contributed by atoms with van der Waals surface area (Å²) in [6.45, 7) is 16.8. The summed E-state index contributed by atoms with van der Waals surface area (Å²) in [5, 5.41) is 1.32. The van der Waals surface area contributed by atoms with Crippen LogP contribution in [-0.4, -0.2) is 23.8 Å². The minimum atomic E-state index is -0.485. The van der Waals surface area contributed by atoms with E-state index in [0.29, 0.717) is 11.7 Å². The van der Waals surface area contributed by atoms with Crippen molar-refractivity contribution in [1.82, 2.24) is 4.98 Å². The van der Waals surface area contributed by atoms with Gasteiger partial charge in [-0.25, -0.2) is 0 Å². The number of nitrogens with one attached hydrogen (secondary N) is 1. The van der Waals surface area contributed by atoms with Crippen molar-refractivity contribution in [2.45, 2.75) is 105 Å². The summed E-state index contributed by atoms with van der Waals surface area (Å²) < 4.78 is 5.31. The number of aromatic nitrogens is 1. The van der Waals surface area contributed by atoms with Crippen LogP contribution in [0.5, 0.6) is 0 Å². The van der Waals surface area contributed by atoms with Crippen molar-refractivity contribution in [2.75, 3.05) is 7.11 Å². The minimum absolute atomic E-state index is 0.0106. The molecule has 1 aromatic carbocycles. The highest BCUT2D eigenvalue weighted by Gasteiger charge is 2.70. The van der Waals surface area contributed by atoms with Gasteiger partial charge < -0.3 is 9.72 Å². The Bertz CT molecular complexity index is 1510. The number of ketones is 1. The van der Waals surface area contributed by atoms with E-state index in [0.717, 1.165) is 51.4 Å². The number of H-pyrrole nitrogens is 1. The van der Waals surface area contributed by atoms with Gasteiger partial charge >= 0.3 is 5.97 Å². The molecule has 1 N–H and O–H groups in total. The smallest absolute Gasteiger partial charge is 0.311 e. The van der Waals surface area contributed by atoms with E-state index in [4.69, 9.17) is 4.74 Å². The molecule has 0 amide bonds. The van der Waals surface area contributed by atoms with Crippen molar-refractivity contribution >= 4 is 22.7 Å². The number of methoxy groups -OCH3 is 1. The second kappa shape index (κ2) is 8.17. The maximum Gasteiger partial charge on any atom is 0.311 e. The standard InChI is InChI=1S/C37H49NO3/c1-32(2)28-13-14-37(7)29(35(28,5)20-23-22-11-9-10-12-26(22)38-30(23)32)27(39)19-24-25-21-34(4,31(40)41-8)16-15-33(25,3)17-18-36(24,37)6/h9-12,19,25,28-29,38H,13-18,20-21H2,1-8H3/t25-,28+,29-,33-,34-,35-,36-,37+/m1/s1. The van der Waals surface area contributed by atoms with E-state index >= 15 is 0 Å². The zero-order valence-corrected chi connectivity index (χ0v) is 26.5. The van der Waals surface area contributed by atoms with Gasteiger partial charge in [0.2, 0.25) is 0 Å². The average Bonchev–Trinajstić information content (AvgIpc) is 3.29. The van der Waals surface area contributed by atoms with Gasteiger partial charge in [0.05, 0.1) is 12.5 Å². The van der Waals surface area contributed by atoms with Crippen molar-refractivity contribution in [3.05, 3.63) is 47.2 Å². The van der Waals surface area contributed by atoms with E-state index < -0.39 is 5.41 Å². The van der Waals surface area contributed by atoms with Gasteiger partial charge in [-0.2, -0.15) is 0 Å². The maximum absolute atomic E-state index is 14.8. The molecule has 0 bridgehead atoms. The SMILES string of the molecule is COC(=O)[C@]1(C)CC[C@]2(C)CC[C@]3(C)C(=CC(=O)[C@@H]4[C@]5(C)Cc6c([nH]c7ccccc67)C(C)(C)[C@@H]5CC[C@@]43C)[C@H]2C1. The predicted molar refractivity (Wildman–Crippen MR) is 163 cm³/mol. The van der Waals surface area contributed by atoms with Crippen LogP contribution in [0.1, 0.15) is 105 Å². The van der Waals surface area contributed by atoms with Gasteiger partial charge in [0.25, 0.3) is 0 Å². The van der Waals surface area contributed by atoms with E-state index in [1.165, 1.54) is 34.8 Å².